The van der Waals surface area contributed by atoms with Crippen LogP contribution in [0.2, 0.25) is 0 Å². The minimum absolute atomic E-state index is 0.0956. The lowest BCUT2D eigenvalue weighted by atomic mass is 9.96. The van der Waals surface area contributed by atoms with E-state index in [0.717, 1.165) is 39.0 Å². The van der Waals surface area contributed by atoms with Gasteiger partial charge in [-0.1, -0.05) is 54.6 Å². The number of rotatable bonds is 7. The van der Waals surface area contributed by atoms with Gasteiger partial charge in [0.2, 0.25) is 5.91 Å². The molecule has 2 aromatic rings. The molecule has 0 radical (unpaired) electrons. The molecule has 1 unspecified atom stereocenters. The fourth-order valence-corrected chi connectivity index (χ4v) is 4.65. The first-order valence-electron chi connectivity index (χ1n) is 11.1. The standard InChI is InChI=1S/C25H33N3O/c29-25(24-13-8-16-28(20-24)18-21-9-2-1-3-10-21)26-17-22-11-4-5-12-23(22)19-27-14-6-7-15-27/h1-5,9-12,24H,6-8,13-20H2,(H,26,29). The van der Waals surface area contributed by atoms with Gasteiger partial charge in [-0.15, -0.1) is 0 Å². The van der Waals surface area contributed by atoms with E-state index in [4.69, 9.17) is 0 Å². The van der Waals surface area contributed by atoms with Crippen LogP contribution in [0.25, 0.3) is 0 Å². The molecule has 4 heteroatoms. The monoisotopic (exact) mass is 391 g/mol. The lowest BCUT2D eigenvalue weighted by molar-refractivity contribution is -0.126. The highest BCUT2D eigenvalue weighted by Crippen LogP contribution is 2.20. The minimum Gasteiger partial charge on any atom is -0.352 e. The minimum atomic E-state index is 0.0956. The van der Waals surface area contributed by atoms with E-state index in [-0.39, 0.29) is 11.8 Å². The maximum Gasteiger partial charge on any atom is 0.224 e. The first kappa shape index (κ1) is 20.1. The van der Waals surface area contributed by atoms with E-state index < -0.39 is 0 Å². The second-order valence-electron chi connectivity index (χ2n) is 8.53. The quantitative estimate of drug-likeness (QED) is 0.780. The molecule has 2 fully saturated rings. The second kappa shape index (κ2) is 10.0. The average Bonchev–Trinajstić information content (AvgIpc) is 3.27. The molecule has 2 aliphatic rings. The topological polar surface area (TPSA) is 35.6 Å². The number of nitrogens with zero attached hydrogens (tertiary/aromatic N) is 2. The number of benzene rings is 2. The Morgan fingerprint density at radius 2 is 1.52 bits per heavy atom. The van der Waals surface area contributed by atoms with Crippen LogP contribution in [0.15, 0.2) is 54.6 Å². The summed E-state index contributed by atoms with van der Waals surface area (Å²) in [5, 5.41) is 3.23. The van der Waals surface area contributed by atoms with Gasteiger partial charge in [0, 0.05) is 26.2 Å². The van der Waals surface area contributed by atoms with Gasteiger partial charge < -0.3 is 5.32 Å². The molecule has 4 rings (SSSR count). The third kappa shape index (κ3) is 5.68. The highest BCUT2D eigenvalue weighted by atomic mass is 16.1. The van der Waals surface area contributed by atoms with Crippen LogP contribution in [0.3, 0.4) is 0 Å². The smallest absolute Gasteiger partial charge is 0.224 e. The molecule has 0 saturated carbocycles. The SMILES string of the molecule is O=C(NCc1ccccc1CN1CCCC1)C1CCCN(Cc2ccccc2)C1. The number of amides is 1. The van der Waals surface area contributed by atoms with Gasteiger partial charge >= 0.3 is 0 Å². The molecule has 1 amide bonds. The fraction of sp³-hybridized carbons (Fsp3) is 0.480. The van der Waals surface area contributed by atoms with Gasteiger partial charge in [-0.05, 0) is 62.0 Å². The molecule has 2 heterocycles. The van der Waals surface area contributed by atoms with Gasteiger partial charge in [-0.25, -0.2) is 0 Å². The molecule has 0 bridgehead atoms. The van der Waals surface area contributed by atoms with Crippen LogP contribution in [-0.4, -0.2) is 41.9 Å². The zero-order valence-electron chi connectivity index (χ0n) is 17.4. The summed E-state index contributed by atoms with van der Waals surface area (Å²) in [4.78, 5) is 17.8. The zero-order chi connectivity index (χ0) is 19.9. The van der Waals surface area contributed by atoms with E-state index in [0.29, 0.717) is 6.54 Å². The Hall–Kier alpha value is -2.17. The van der Waals surface area contributed by atoms with Crippen LogP contribution in [-0.2, 0) is 24.4 Å². The Morgan fingerprint density at radius 1 is 0.828 bits per heavy atom. The first-order valence-corrected chi connectivity index (χ1v) is 11.1. The third-order valence-corrected chi connectivity index (χ3v) is 6.29. The van der Waals surface area contributed by atoms with Crippen LogP contribution < -0.4 is 5.32 Å². The summed E-state index contributed by atoms with van der Waals surface area (Å²) in [6, 6.07) is 19.1. The molecule has 1 N–H and O–H groups in total. The summed E-state index contributed by atoms with van der Waals surface area (Å²) in [7, 11) is 0. The lowest BCUT2D eigenvalue weighted by Gasteiger charge is -2.32. The Balaban J connectivity index is 1.30. The van der Waals surface area contributed by atoms with Crippen molar-refractivity contribution in [2.75, 3.05) is 26.2 Å². The normalized spacial score (nSPS) is 20.6. The average molecular weight is 392 g/mol. The van der Waals surface area contributed by atoms with Gasteiger partial charge in [-0.2, -0.15) is 0 Å². The number of hydrogen-bond donors (Lipinski definition) is 1. The van der Waals surface area contributed by atoms with Gasteiger partial charge in [0.25, 0.3) is 0 Å². The van der Waals surface area contributed by atoms with E-state index in [1.807, 2.05) is 0 Å². The summed E-state index contributed by atoms with van der Waals surface area (Å²) in [6.07, 6.45) is 4.70. The molecule has 2 aromatic carbocycles. The number of hydrogen-bond acceptors (Lipinski definition) is 3. The van der Waals surface area contributed by atoms with Crippen molar-refractivity contribution in [2.24, 2.45) is 5.92 Å². The van der Waals surface area contributed by atoms with Crippen LogP contribution >= 0.6 is 0 Å². The Morgan fingerprint density at radius 3 is 2.31 bits per heavy atom. The molecule has 154 valence electrons. The van der Waals surface area contributed by atoms with Crippen molar-refractivity contribution in [3.8, 4) is 0 Å². The second-order valence-corrected chi connectivity index (χ2v) is 8.53. The number of piperidine rings is 1. The van der Waals surface area contributed by atoms with Crippen molar-refractivity contribution in [1.82, 2.24) is 15.1 Å². The molecule has 2 aliphatic heterocycles. The fourth-order valence-electron chi connectivity index (χ4n) is 4.65. The molecule has 0 spiro atoms. The van der Waals surface area contributed by atoms with Crippen molar-refractivity contribution in [2.45, 2.75) is 45.3 Å². The van der Waals surface area contributed by atoms with Crippen molar-refractivity contribution in [1.29, 1.82) is 0 Å². The first-order chi connectivity index (χ1) is 14.3. The molecule has 29 heavy (non-hydrogen) atoms. The van der Waals surface area contributed by atoms with E-state index in [1.54, 1.807) is 0 Å². The van der Waals surface area contributed by atoms with Crippen molar-refractivity contribution in [3.05, 3.63) is 71.3 Å². The van der Waals surface area contributed by atoms with Gasteiger partial charge in [-0.3, -0.25) is 14.6 Å². The molecule has 0 aliphatic carbocycles. The Labute approximate surface area is 174 Å². The Kier molecular flexibility index (Phi) is 6.96. The highest BCUT2D eigenvalue weighted by molar-refractivity contribution is 5.79. The van der Waals surface area contributed by atoms with Gasteiger partial charge in [0.05, 0.1) is 5.92 Å². The third-order valence-electron chi connectivity index (χ3n) is 6.29. The number of carbonyl (C=O) groups is 1. The molecule has 4 nitrogen and oxygen atoms in total. The van der Waals surface area contributed by atoms with Crippen LogP contribution in [0.1, 0.15) is 42.4 Å². The number of nitrogens with one attached hydrogen (secondary N) is 1. The molecule has 1 atom stereocenters. The summed E-state index contributed by atoms with van der Waals surface area (Å²) < 4.78 is 0. The van der Waals surface area contributed by atoms with Crippen LogP contribution in [0.4, 0.5) is 0 Å². The molecule has 2 saturated heterocycles. The zero-order valence-corrected chi connectivity index (χ0v) is 17.4. The maximum absolute atomic E-state index is 12.9. The number of likely N-dealkylation sites (tertiary alicyclic amines) is 2. The highest BCUT2D eigenvalue weighted by Gasteiger charge is 2.25. The van der Waals surface area contributed by atoms with E-state index >= 15 is 0 Å². The Bertz CT molecular complexity index is 786. The largest absolute Gasteiger partial charge is 0.352 e. The van der Waals surface area contributed by atoms with E-state index in [9.17, 15) is 4.79 Å². The van der Waals surface area contributed by atoms with Crippen LogP contribution in [0, 0.1) is 5.92 Å². The summed E-state index contributed by atoms with van der Waals surface area (Å²) in [6.45, 7) is 6.90. The van der Waals surface area contributed by atoms with Crippen molar-refractivity contribution in [3.63, 3.8) is 0 Å². The molecular weight excluding hydrogens is 358 g/mol. The van der Waals surface area contributed by atoms with Crippen molar-refractivity contribution < 1.29 is 4.79 Å². The molecular formula is C25H33N3O. The summed E-state index contributed by atoms with van der Waals surface area (Å²) in [5.41, 5.74) is 3.93. The van der Waals surface area contributed by atoms with Gasteiger partial charge in [0.15, 0.2) is 0 Å². The lowest BCUT2D eigenvalue weighted by Crippen LogP contribution is -2.42. The molecule has 0 aromatic heterocycles. The summed E-state index contributed by atoms with van der Waals surface area (Å²) in [5.74, 6) is 0.303. The maximum atomic E-state index is 12.9. The van der Waals surface area contributed by atoms with E-state index in [2.05, 4.69) is 69.7 Å². The summed E-state index contributed by atoms with van der Waals surface area (Å²) >= 11 is 0. The number of carbonyl (C=O) groups excluding carboxylic acids is 1. The predicted octanol–water partition coefficient (Wildman–Crippen LogP) is 3.81. The van der Waals surface area contributed by atoms with Crippen LogP contribution in [0.5, 0.6) is 0 Å². The van der Waals surface area contributed by atoms with E-state index in [1.165, 1.54) is 42.6 Å². The van der Waals surface area contributed by atoms with Gasteiger partial charge in [0.1, 0.15) is 0 Å². The predicted molar refractivity (Wildman–Crippen MR) is 117 cm³/mol. The van der Waals surface area contributed by atoms with Crippen molar-refractivity contribution >= 4 is 5.91 Å².